The van der Waals surface area contributed by atoms with Crippen molar-refractivity contribution < 1.29 is 5.11 Å². The molecule has 1 aliphatic rings. The fraction of sp³-hybridized carbons (Fsp3) is 0.333. The second kappa shape index (κ2) is 4.82. The molecule has 94 valence electrons. The average molecular weight is 259 g/mol. The van der Waals surface area contributed by atoms with Gasteiger partial charge >= 0.3 is 0 Å². The lowest BCUT2D eigenvalue weighted by atomic mass is 10.1. The van der Waals surface area contributed by atoms with Gasteiger partial charge in [-0.2, -0.15) is 0 Å². The lowest BCUT2D eigenvalue weighted by molar-refractivity contribution is 0.199. The number of aliphatic hydroxyl groups is 1. The summed E-state index contributed by atoms with van der Waals surface area (Å²) >= 11 is 1.97. The zero-order valence-corrected chi connectivity index (χ0v) is 11.2. The number of benzene rings is 1. The van der Waals surface area contributed by atoms with Crippen molar-refractivity contribution in [3.8, 4) is 0 Å². The van der Waals surface area contributed by atoms with Crippen molar-refractivity contribution in [2.24, 2.45) is 0 Å². The standard InChI is InChI=1S/C15H17NOS/c1-11(17)13-6-7-16(9-13)10-14-8-12-4-2-3-5-15(12)18-14/h2-7,9,11,14,17H,8,10H2,1H3. The van der Waals surface area contributed by atoms with E-state index in [1.807, 2.05) is 24.0 Å². The highest BCUT2D eigenvalue weighted by atomic mass is 32.2. The van der Waals surface area contributed by atoms with E-state index in [0.717, 1.165) is 18.5 Å². The van der Waals surface area contributed by atoms with Gasteiger partial charge in [-0.15, -0.1) is 11.8 Å². The van der Waals surface area contributed by atoms with Crippen LogP contribution in [0.4, 0.5) is 0 Å². The summed E-state index contributed by atoms with van der Waals surface area (Å²) in [7, 11) is 0. The molecule has 18 heavy (non-hydrogen) atoms. The van der Waals surface area contributed by atoms with Gasteiger partial charge < -0.3 is 9.67 Å². The summed E-state index contributed by atoms with van der Waals surface area (Å²) in [4.78, 5) is 1.42. The van der Waals surface area contributed by atoms with Gasteiger partial charge in [0.25, 0.3) is 0 Å². The molecule has 0 amide bonds. The maximum Gasteiger partial charge on any atom is 0.0776 e. The van der Waals surface area contributed by atoms with Crippen LogP contribution in [0.25, 0.3) is 0 Å². The molecule has 0 aliphatic carbocycles. The van der Waals surface area contributed by atoms with Crippen molar-refractivity contribution in [3.63, 3.8) is 0 Å². The summed E-state index contributed by atoms with van der Waals surface area (Å²) < 4.78 is 2.19. The van der Waals surface area contributed by atoms with E-state index in [0.29, 0.717) is 5.25 Å². The molecule has 1 aromatic carbocycles. The fourth-order valence-electron chi connectivity index (χ4n) is 2.41. The molecule has 2 unspecified atom stereocenters. The average Bonchev–Trinajstić information content (AvgIpc) is 2.94. The van der Waals surface area contributed by atoms with Crippen LogP contribution < -0.4 is 0 Å². The van der Waals surface area contributed by atoms with E-state index in [9.17, 15) is 5.11 Å². The topological polar surface area (TPSA) is 25.2 Å². The molecule has 2 atom stereocenters. The van der Waals surface area contributed by atoms with Crippen LogP contribution in [-0.4, -0.2) is 14.9 Å². The first-order chi connectivity index (χ1) is 8.72. The minimum atomic E-state index is -0.375. The molecule has 0 saturated carbocycles. The molecule has 1 aromatic heterocycles. The number of hydrogen-bond acceptors (Lipinski definition) is 2. The van der Waals surface area contributed by atoms with Crippen LogP contribution in [0, 0.1) is 0 Å². The van der Waals surface area contributed by atoms with Gasteiger partial charge in [0.1, 0.15) is 0 Å². The van der Waals surface area contributed by atoms with Crippen LogP contribution in [-0.2, 0) is 13.0 Å². The predicted octanol–water partition coefficient (Wildman–Crippen LogP) is 3.26. The zero-order chi connectivity index (χ0) is 12.5. The van der Waals surface area contributed by atoms with E-state index < -0.39 is 0 Å². The first-order valence-corrected chi connectivity index (χ1v) is 7.18. The van der Waals surface area contributed by atoms with Crippen molar-refractivity contribution in [1.29, 1.82) is 0 Å². The lowest BCUT2D eigenvalue weighted by Gasteiger charge is -2.09. The number of aliphatic hydroxyl groups excluding tert-OH is 1. The van der Waals surface area contributed by atoms with Gasteiger partial charge in [-0.1, -0.05) is 18.2 Å². The molecule has 2 aromatic rings. The minimum Gasteiger partial charge on any atom is -0.389 e. The summed E-state index contributed by atoms with van der Waals surface area (Å²) in [5, 5.41) is 10.1. The van der Waals surface area contributed by atoms with Gasteiger partial charge in [0, 0.05) is 29.1 Å². The van der Waals surface area contributed by atoms with E-state index in [1.54, 1.807) is 6.92 Å². The summed E-state index contributed by atoms with van der Waals surface area (Å²) in [6.45, 7) is 2.81. The molecule has 0 saturated heterocycles. The Morgan fingerprint density at radius 3 is 2.94 bits per heavy atom. The van der Waals surface area contributed by atoms with Crippen LogP contribution in [0.15, 0.2) is 47.6 Å². The largest absolute Gasteiger partial charge is 0.389 e. The number of hydrogen-bond donors (Lipinski definition) is 1. The summed E-state index contributed by atoms with van der Waals surface area (Å²) in [5.41, 5.74) is 2.46. The highest BCUT2D eigenvalue weighted by molar-refractivity contribution is 8.00. The Morgan fingerprint density at radius 2 is 2.22 bits per heavy atom. The third kappa shape index (κ3) is 2.33. The van der Waals surface area contributed by atoms with Crippen LogP contribution in [0.2, 0.25) is 0 Å². The maximum absolute atomic E-state index is 9.52. The van der Waals surface area contributed by atoms with Crippen molar-refractivity contribution in [2.45, 2.75) is 36.1 Å². The number of nitrogens with zero attached hydrogens (tertiary/aromatic N) is 1. The second-order valence-electron chi connectivity index (χ2n) is 4.87. The molecular formula is C15H17NOS. The van der Waals surface area contributed by atoms with Gasteiger partial charge in [0.15, 0.2) is 0 Å². The van der Waals surface area contributed by atoms with Crippen LogP contribution in [0.3, 0.4) is 0 Å². The van der Waals surface area contributed by atoms with Crippen molar-refractivity contribution in [1.82, 2.24) is 4.57 Å². The Hall–Kier alpha value is -1.19. The summed E-state index contributed by atoms with van der Waals surface area (Å²) in [6.07, 6.45) is 4.88. The van der Waals surface area contributed by atoms with Gasteiger partial charge in [-0.05, 0) is 36.6 Å². The Bertz CT molecular complexity index is 522. The number of rotatable bonds is 3. The smallest absolute Gasteiger partial charge is 0.0776 e. The van der Waals surface area contributed by atoms with Gasteiger partial charge in [0.05, 0.1) is 6.10 Å². The van der Waals surface area contributed by atoms with Crippen LogP contribution >= 0.6 is 11.8 Å². The Morgan fingerprint density at radius 1 is 1.39 bits per heavy atom. The van der Waals surface area contributed by atoms with Crippen molar-refractivity contribution in [3.05, 3.63) is 53.9 Å². The molecule has 0 bridgehead atoms. The quantitative estimate of drug-likeness (QED) is 0.915. The predicted molar refractivity (Wildman–Crippen MR) is 74.9 cm³/mol. The Labute approximate surface area is 112 Å². The molecule has 2 nitrogen and oxygen atoms in total. The molecule has 0 spiro atoms. The first kappa shape index (κ1) is 11.9. The zero-order valence-electron chi connectivity index (χ0n) is 10.4. The van der Waals surface area contributed by atoms with Gasteiger partial charge in [0.2, 0.25) is 0 Å². The normalized spacial score (nSPS) is 19.8. The highest BCUT2D eigenvalue weighted by Crippen LogP contribution is 2.37. The summed E-state index contributed by atoms with van der Waals surface area (Å²) in [6, 6.07) is 10.6. The van der Waals surface area contributed by atoms with E-state index in [4.69, 9.17) is 0 Å². The molecule has 0 radical (unpaired) electrons. The van der Waals surface area contributed by atoms with Crippen molar-refractivity contribution >= 4 is 11.8 Å². The third-order valence-electron chi connectivity index (χ3n) is 3.38. The highest BCUT2D eigenvalue weighted by Gasteiger charge is 2.21. The van der Waals surface area contributed by atoms with E-state index in [2.05, 4.69) is 35.0 Å². The maximum atomic E-state index is 9.52. The SMILES string of the molecule is CC(O)c1ccn(CC2Cc3ccccc3S2)c1. The Kier molecular flexibility index (Phi) is 3.18. The first-order valence-electron chi connectivity index (χ1n) is 6.30. The molecular weight excluding hydrogens is 242 g/mol. The lowest BCUT2D eigenvalue weighted by Crippen LogP contribution is -2.10. The van der Waals surface area contributed by atoms with E-state index in [1.165, 1.54) is 10.5 Å². The molecule has 1 N–H and O–H groups in total. The number of fused-ring (bicyclic) bond motifs is 1. The minimum absolute atomic E-state index is 0.375. The molecule has 1 aliphatic heterocycles. The monoisotopic (exact) mass is 259 g/mol. The third-order valence-corrected chi connectivity index (χ3v) is 4.69. The van der Waals surface area contributed by atoms with Crippen molar-refractivity contribution in [2.75, 3.05) is 0 Å². The molecule has 0 fully saturated rings. The summed E-state index contributed by atoms with van der Waals surface area (Å²) in [5.74, 6) is 0. The Balaban J connectivity index is 1.68. The second-order valence-corrected chi connectivity index (χ2v) is 6.21. The van der Waals surface area contributed by atoms with Crippen LogP contribution in [0.1, 0.15) is 24.2 Å². The molecule has 3 rings (SSSR count). The van der Waals surface area contributed by atoms with E-state index >= 15 is 0 Å². The van der Waals surface area contributed by atoms with E-state index in [-0.39, 0.29) is 6.10 Å². The fourth-order valence-corrected chi connectivity index (χ4v) is 3.74. The number of aromatic nitrogens is 1. The van der Waals surface area contributed by atoms with Gasteiger partial charge in [-0.25, -0.2) is 0 Å². The van der Waals surface area contributed by atoms with Gasteiger partial charge in [-0.3, -0.25) is 0 Å². The van der Waals surface area contributed by atoms with Crippen LogP contribution in [0.5, 0.6) is 0 Å². The molecule has 2 heterocycles. The molecule has 3 heteroatoms. The number of thioether (sulfide) groups is 1.